The molecule has 0 atom stereocenters. The zero-order chi connectivity index (χ0) is 49.8. The highest BCUT2D eigenvalue weighted by Crippen LogP contribution is 2.55. The molecule has 2 aliphatic heterocycles. The third-order valence-electron chi connectivity index (χ3n) is 19.1. The number of anilines is 6. The molecule has 3 heterocycles. The maximum atomic E-state index is 2.74. The second-order valence-electron chi connectivity index (χ2n) is 27.9. The number of benzene rings is 6. The SMILES string of the molecule is Cc1cc2c3c(c1)N(c1cc4c(cc1C)C(C)(C)CCC4(C)C)c1cc4sc5cccc(C(C)(C)C)c5c4cc1B3c1cc3c(cc1N2c1ccc2c(c1)C(C)(C)CCC2(C)C)C(C)(C)CCC3(C)C. The van der Waals surface area contributed by atoms with E-state index in [1.54, 1.807) is 0 Å². The van der Waals surface area contributed by atoms with Gasteiger partial charge in [0.2, 0.25) is 0 Å². The Hall–Kier alpha value is -4.80. The predicted octanol–water partition coefficient (Wildman–Crippen LogP) is 17.1. The van der Waals surface area contributed by atoms with Crippen LogP contribution in [0.5, 0.6) is 0 Å². The second-order valence-corrected chi connectivity index (χ2v) is 29.0. The molecule has 3 aliphatic carbocycles. The van der Waals surface area contributed by atoms with Gasteiger partial charge in [-0.3, -0.25) is 0 Å². The lowest BCUT2D eigenvalue weighted by Crippen LogP contribution is -2.62. The summed E-state index contributed by atoms with van der Waals surface area (Å²) in [6, 6.07) is 35.7. The van der Waals surface area contributed by atoms with Gasteiger partial charge >= 0.3 is 0 Å². The Bertz CT molecular complexity index is 3420. The van der Waals surface area contributed by atoms with Crippen molar-refractivity contribution in [3.63, 3.8) is 0 Å². The molecule has 360 valence electrons. The van der Waals surface area contributed by atoms with Gasteiger partial charge in [-0.1, -0.05) is 140 Å². The fourth-order valence-electron chi connectivity index (χ4n) is 14.3. The van der Waals surface area contributed by atoms with E-state index in [4.69, 9.17) is 0 Å². The minimum Gasteiger partial charge on any atom is -0.311 e. The topological polar surface area (TPSA) is 6.48 Å². The fraction of sp³-hybridized carbons (Fsp3) is 0.455. The number of fused-ring (bicyclic) bond motifs is 10. The molecule has 0 saturated heterocycles. The normalized spacial score (nSPS) is 20.6. The van der Waals surface area contributed by atoms with Crippen molar-refractivity contribution in [3.05, 3.63) is 135 Å². The first-order valence-electron chi connectivity index (χ1n) is 26.8. The van der Waals surface area contributed by atoms with Crippen LogP contribution in [0.2, 0.25) is 0 Å². The number of hydrogen-bond acceptors (Lipinski definition) is 3. The van der Waals surface area contributed by atoms with Crippen LogP contribution < -0.4 is 26.2 Å². The lowest BCUT2D eigenvalue weighted by Gasteiger charge is -2.48. The molecule has 0 unspecified atom stereocenters. The molecule has 0 N–H and O–H groups in total. The first kappa shape index (κ1) is 46.3. The van der Waals surface area contributed by atoms with Gasteiger partial charge in [0.25, 0.3) is 6.71 Å². The number of rotatable bonds is 2. The van der Waals surface area contributed by atoms with E-state index in [2.05, 4.69) is 212 Å². The molecular formula is C66H77BN2S. The van der Waals surface area contributed by atoms with Crippen LogP contribution in [-0.4, -0.2) is 6.71 Å². The third kappa shape index (κ3) is 6.55. The van der Waals surface area contributed by atoms with Gasteiger partial charge in [0.1, 0.15) is 0 Å². The van der Waals surface area contributed by atoms with Gasteiger partial charge in [-0.25, -0.2) is 0 Å². The molecule has 6 aromatic carbocycles. The van der Waals surface area contributed by atoms with Gasteiger partial charge in [0.05, 0.1) is 0 Å². The zero-order valence-corrected chi connectivity index (χ0v) is 46.5. The summed E-state index contributed by atoms with van der Waals surface area (Å²) in [4.78, 5) is 5.48. The van der Waals surface area contributed by atoms with Crippen molar-refractivity contribution in [1.82, 2.24) is 0 Å². The predicted molar refractivity (Wildman–Crippen MR) is 307 cm³/mol. The second kappa shape index (κ2) is 14.5. The van der Waals surface area contributed by atoms with Crippen molar-refractivity contribution in [3.8, 4) is 0 Å². The lowest BCUT2D eigenvalue weighted by molar-refractivity contribution is 0.332. The summed E-state index contributed by atoms with van der Waals surface area (Å²) in [5.41, 5.74) is 25.9. The lowest BCUT2D eigenvalue weighted by atomic mass is 9.33. The summed E-state index contributed by atoms with van der Waals surface area (Å²) in [7, 11) is 0. The van der Waals surface area contributed by atoms with Crippen molar-refractivity contribution in [1.29, 1.82) is 0 Å². The van der Waals surface area contributed by atoms with Gasteiger partial charge in [-0.2, -0.15) is 0 Å². The Morgan fingerprint density at radius 3 is 1.53 bits per heavy atom. The number of thiophene rings is 1. The summed E-state index contributed by atoms with van der Waals surface area (Å²) in [6.07, 6.45) is 7.15. The number of hydrogen-bond donors (Lipinski definition) is 0. The highest BCUT2D eigenvalue weighted by Gasteiger charge is 2.48. The van der Waals surface area contributed by atoms with Crippen LogP contribution in [0.15, 0.2) is 84.9 Å². The van der Waals surface area contributed by atoms with Gasteiger partial charge in [0, 0.05) is 54.3 Å². The molecule has 0 fully saturated rings. The minimum absolute atomic E-state index is 0.00160. The fourth-order valence-corrected chi connectivity index (χ4v) is 15.5. The van der Waals surface area contributed by atoms with E-state index >= 15 is 0 Å². The summed E-state index contributed by atoms with van der Waals surface area (Å²) in [5, 5.41) is 2.83. The third-order valence-corrected chi connectivity index (χ3v) is 20.2. The van der Waals surface area contributed by atoms with E-state index in [1.807, 2.05) is 11.3 Å². The first-order valence-corrected chi connectivity index (χ1v) is 27.7. The van der Waals surface area contributed by atoms with E-state index in [-0.39, 0.29) is 44.6 Å². The minimum atomic E-state index is 0.00160. The molecule has 0 saturated carbocycles. The molecule has 2 nitrogen and oxygen atoms in total. The molecule has 0 bridgehead atoms. The molecule has 4 heteroatoms. The van der Waals surface area contributed by atoms with Crippen LogP contribution in [-0.2, 0) is 37.9 Å². The van der Waals surface area contributed by atoms with Crippen molar-refractivity contribution < 1.29 is 0 Å². The summed E-state index contributed by atoms with van der Waals surface area (Å²) in [6.45, 7) is 41.8. The summed E-state index contributed by atoms with van der Waals surface area (Å²) < 4.78 is 2.75. The highest BCUT2D eigenvalue weighted by atomic mass is 32.1. The quantitative estimate of drug-likeness (QED) is 0.159. The Labute approximate surface area is 425 Å². The maximum Gasteiger partial charge on any atom is 0.252 e. The highest BCUT2D eigenvalue weighted by molar-refractivity contribution is 7.26. The van der Waals surface area contributed by atoms with Crippen LogP contribution >= 0.6 is 11.3 Å². The van der Waals surface area contributed by atoms with Crippen LogP contribution in [0.25, 0.3) is 20.2 Å². The van der Waals surface area contributed by atoms with Gasteiger partial charge in [0.15, 0.2) is 0 Å². The Morgan fingerprint density at radius 1 is 0.457 bits per heavy atom. The molecule has 0 amide bonds. The van der Waals surface area contributed by atoms with E-state index in [0.29, 0.717) is 0 Å². The standard InChI is InChI=1S/C66H77BN2S/c1-38-29-54-59-55(30-38)69(51-35-47-44(31-39(51)2)62(8,9)25-27-65(47,14)15)53-37-57-41(58-43(60(3,4)5)19-18-20-56(58)70-57)33-49(53)67(59)50-34-46-48(66(16,17)28-26-64(46,12)13)36-52(50)68(54)40-21-22-42-45(32-40)63(10,11)24-23-61(42,6)7/h18-22,29-37H,23-28H2,1-17H3. The molecule has 1 aromatic heterocycles. The number of nitrogens with zero attached hydrogens (tertiary/aromatic N) is 2. The van der Waals surface area contributed by atoms with Crippen LogP contribution in [0.3, 0.4) is 0 Å². The average molecular weight is 941 g/mol. The zero-order valence-electron chi connectivity index (χ0n) is 45.7. The van der Waals surface area contributed by atoms with E-state index in [0.717, 1.165) is 0 Å². The van der Waals surface area contributed by atoms with Gasteiger partial charge in [-0.05, 0) is 205 Å². The largest absolute Gasteiger partial charge is 0.311 e. The summed E-state index contributed by atoms with van der Waals surface area (Å²) in [5.74, 6) is 0. The molecular weight excluding hydrogens is 864 g/mol. The average Bonchev–Trinajstić information content (AvgIpc) is 3.64. The molecule has 0 spiro atoms. The number of aryl methyl sites for hydroxylation is 2. The van der Waals surface area contributed by atoms with Crippen LogP contribution in [0, 0.1) is 13.8 Å². The monoisotopic (exact) mass is 941 g/mol. The Morgan fingerprint density at radius 2 is 0.943 bits per heavy atom. The van der Waals surface area contributed by atoms with Crippen molar-refractivity contribution in [2.24, 2.45) is 0 Å². The van der Waals surface area contributed by atoms with Gasteiger partial charge < -0.3 is 9.80 Å². The van der Waals surface area contributed by atoms with Crippen molar-refractivity contribution in [2.45, 2.75) is 194 Å². The molecule has 70 heavy (non-hydrogen) atoms. The van der Waals surface area contributed by atoms with Crippen LogP contribution in [0.1, 0.15) is 192 Å². The van der Waals surface area contributed by atoms with Gasteiger partial charge in [-0.15, -0.1) is 11.3 Å². The molecule has 5 aliphatic rings. The van der Waals surface area contributed by atoms with Crippen molar-refractivity contribution >= 4 is 88.7 Å². The van der Waals surface area contributed by atoms with Crippen LogP contribution in [0.4, 0.5) is 34.1 Å². The maximum absolute atomic E-state index is 2.74. The van der Waals surface area contributed by atoms with E-state index in [1.165, 1.54) is 159 Å². The molecule has 7 aromatic rings. The Balaban J connectivity index is 1.23. The van der Waals surface area contributed by atoms with E-state index < -0.39 is 0 Å². The molecule has 12 rings (SSSR count). The Kier molecular flexibility index (Phi) is 9.56. The summed E-state index contributed by atoms with van der Waals surface area (Å²) >= 11 is 1.98. The smallest absolute Gasteiger partial charge is 0.252 e. The molecule has 0 radical (unpaired) electrons. The van der Waals surface area contributed by atoms with Crippen molar-refractivity contribution in [2.75, 3.05) is 9.80 Å². The van der Waals surface area contributed by atoms with E-state index in [9.17, 15) is 0 Å². The first-order chi connectivity index (χ1) is 32.6.